The second-order valence-electron chi connectivity index (χ2n) is 4.13. The fourth-order valence-corrected chi connectivity index (χ4v) is 1.68. The topological polar surface area (TPSA) is 109 Å². The summed E-state index contributed by atoms with van der Waals surface area (Å²) in [6.07, 6.45) is -0.0963. The van der Waals surface area contributed by atoms with E-state index in [2.05, 4.69) is 15.5 Å². The van der Waals surface area contributed by atoms with Crippen molar-refractivity contribution in [3.63, 3.8) is 0 Å². The Morgan fingerprint density at radius 2 is 2.21 bits per heavy atom. The predicted molar refractivity (Wildman–Crippen MR) is 65.4 cm³/mol. The van der Waals surface area contributed by atoms with Crippen molar-refractivity contribution in [3.8, 4) is 0 Å². The van der Waals surface area contributed by atoms with Crippen LogP contribution in [0.15, 0.2) is 4.52 Å². The van der Waals surface area contributed by atoms with Crippen molar-refractivity contribution in [1.29, 1.82) is 0 Å². The summed E-state index contributed by atoms with van der Waals surface area (Å²) < 4.78 is 4.86. The van der Waals surface area contributed by atoms with Crippen LogP contribution < -0.4 is 5.32 Å². The molecule has 0 spiro atoms. The molecule has 1 atom stereocenters. The van der Waals surface area contributed by atoms with Gasteiger partial charge in [0.1, 0.15) is 0 Å². The molecule has 0 saturated carbocycles. The van der Waals surface area contributed by atoms with Crippen molar-refractivity contribution >= 4 is 12.0 Å². The summed E-state index contributed by atoms with van der Waals surface area (Å²) in [5, 5.41) is 14.9. The molecule has 8 nitrogen and oxygen atoms in total. The number of carbonyl (C=O) groups excluding carboxylic acids is 1. The average molecular weight is 270 g/mol. The molecule has 1 aromatic heterocycles. The third-order valence-electron chi connectivity index (χ3n) is 2.56. The number of amides is 2. The third-order valence-corrected chi connectivity index (χ3v) is 2.56. The number of nitrogens with one attached hydrogen (secondary N) is 1. The van der Waals surface area contributed by atoms with Gasteiger partial charge in [-0.25, -0.2) is 4.79 Å². The van der Waals surface area contributed by atoms with Crippen molar-refractivity contribution in [3.05, 3.63) is 11.7 Å². The number of carbonyl (C=O) groups is 2. The minimum absolute atomic E-state index is 0.0963. The van der Waals surface area contributed by atoms with Gasteiger partial charge in [0.2, 0.25) is 5.89 Å². The lowest BCUT2D eigenvalue weighted by Gasteiger charge is -2.26. The monoisotopic (exact) mass is 270 g/mol. The average Bonchev–Trinajstić information content (AvgIpc) is 2.72. The molecule has 0 aromatic carbocycles. The van der Waals surface area contributed by atoms with Crippen molar-refractivity contribution in [2.75, 3.05) is 6.54 Å². The highest BCUT2D eigenvalue weighted by atomic mass is 16.5. The van der Waals surface area contributed by atoms with Crippen LogP contribution in [0.3, 0.4) is 0 Å². The summed E-state index contributed by atoms with van der Waals surface area (Å²) in [5.41, 5.74) is 0. The zero-order valence-electron chi connectivity index (χ0n) is 11.2. The van der Waals surface area contributed by atoms with Crippen LogP contribution in [-0.4, -0.2) is 44.7 Å². The molecule has 1 rings (SSSR count). The van der Waals surface area contributed by atoms with Gasteiger partial charge in [-0.15, -0.1) is 0 Å². The molecule has 2 N–H and O–H groups in total. The molecule has 2 amide bonds. The molecule has 0 saturated heterocycles. The Kier molecular flexibility index (Phi) is 5.28. The summed E-state index contributed by atoms with van der Waals surface area (Å²) in [5.74, 6) is -0.130. The molecule has 0 radical (unpaired) electrons. The lowest BCUT2D eigenvalue weighted by molar-refractivity contribution is -0.138. The molecule has 0 fully saturated rings. The Morgan fingerprint density at radius 3 is 2.68 bits per heavy atom. The first-order valence-electron chi connectivity index (χ1n) is 5.99. The highest BCUT2D eigenvalue weighted by Gasteiger charge is 2.20. The van der Waals surface area contributed by atoms with E-state index >= 15 is 0 Å². The van der Waals surface area contributed by atoms with Gasteiger partial charge in [0.25, 0.3) is 0 Å². The van der Waals surface area contributed by atoms with Gasteiger partial charge in [-0.2, -0.15) is 4.98 Å². The molecule has 0 bridgehead atoms. The normalized spacial score (nSPS) is 11.9. The Labute approximate surface area is 110 Å². The van der Waals surface area contributed by atoms with Crippen molar-refractivity contribution in [2.45, 2.75) is 39.8 Å². The van der Waals surface area contributed by atoms with Crippen LogP contribution in [0.1, 0.15) is 32.0 Å². The van der Waals surface area contributed by atoms with E-state index in [-0.39, 0.29) is 25.0 Å². The van der Waals surface area contributed by atoms with E-state index in [1.165, 1.54) is 4.90 Å². The molecule has 106 valence electrons. The van der Waals surface area contributed by atoms with Gasteiger partial charge >= 0.3 is 12.0 Å². The maximum absolute atomic E-state index is 11.9. The zero-order valence-corrected chi connectivity index (χ0v) is 11.2. The molecule has 0 aliphatic rings. The first kappa shape index (κ1) is 14.9. The van der Waals surface area contributed by atoms with Crippen LogP contribution in [-0.2, 0) is 11.3 Å². The van der Waals surface area contributed by atoms with E-state index < -0.39 is 5.97 Å². The van der Waals surface area contributed by atoms with Gasteiger partial charge in [0, 0.05) is 12.6 Å². The second kappa shape index (κ2) is 6.72. The lowest BCUT2D eigenvalue weighted by Crippen LogP contribution is -2.45. The van der Waals surface area contributed by atoms with E-state index in [1.807, 2.05) is 0 Å². The van der Waals surface area contributed by atoms with Crippen molar-refractivity contribution in [2.24, 2.45) is 0 Å². The van der Waals surface area contributed by atoms with Crippen LogP contribution in [0.4, 0.5) is 4.79 Å². The first-order valence-corrected chi connectivity index (χ1v) is 5.99. The smallest absolute Gasteiger partial charge is 0.318 e. The molecule has 1 aromatic rings. The fourth-order valence-electron chi connectivity index (χ4n) is 1.68. The number of urea groups is 1. The van der Waals surface area contributed by atoms with Crippen LogP contribution in [0.25, 0.3) is 0 Å². The van der Waals surface area contributed by atoms with E-state index in [1.54, 1.807) is 20.8 Å². The van der Waals surface area contributed by atoms with Gasteiger partial charge in [0.05, 0.1) is 13.0 Å². The van der Waals surface area contributed by atoms with E-state index in [9.17, 15) is 9.59 Å². The van der Waals surface area contributed by atoms with Crippen LogP contribution in [0.2, 0.25) is 0 Å². The Morgan fingerprint density at radius 1 is 1.53 bits per heavy atom. The van der Waals surface area contributed by atoms with Gasteiger partial charge in [-0.1, -0.05) is 5.16 Å². The number of hydrogen-bond donors (Lipinski definition) is 2. The number of aryl methyl sites for hydroxylation is 1. The summed E-state index contributed by atoms with van der Waals surface area (Å²) in [4.78, 5) is 28.0. The minimum Gasteiger partial charge on any atom is -0.481 e. The van der Waals surface area contributed by atoms with E-state index in [0.717, 1.165) is 0 Å². The highest BCUT2D eigenvalue weighted by Crippen LogP contribution is 2.05. The number of aliphatic carboxylic acids is 1. The standard InChI is InChI=1S/C11H18N4O4/c1-4-15(7(2)5-10(16)17)11(18)12-6-9-13-8(3)14-19-9/h7H,4-6H2,1-3H3,(H,12,18)(H,16,17). The van der Waals surface area contributed by atoms with Gasteiger partial charge in [-0.05, 0) is 20.8 Å². The predicted octanol–water partition coefficient (Wildman–Crippen LogP) is 0.773. The molecule has 0 aliphatic heterocycles. The van der Waals surface area contributed by atoms with Crippen molar-refractivity contribution in [1.82, 2.24) is 20.4 Å². The maximum Gasteiger partial charge on any atom is 0.318 e. The molecule has 0 aliphatic carbocycles. The highest BCUT2D eigenvalue weighted by molar-refractivity contribution is 5.75. The zero-order chi connectivity index (χ0) is 14.4. The molecular weight excluding hydrogens is 252 g/mol. The quantitative estimate of drug-likeness (QED) is 0.790. The molecule has 1 unspecified atom stereocenters. The van der Waals surface area contributed by atoms with Gasteiger partial charge in [-0.3, -0.25) is 4.79 Å². The van der Waals surface area contributed by atoms with Crippen LogP contribution in [0.5, 0.6) is 0 Å². The summed E-state index contributed by atoms with van der Waals surface area (Å²) >= 11 is 0. The Balaban J connectivity index is 2.51. The number of carboxylic acid groups (broad SMARTS) is 1. The minimum atomic E-state index is -0.939. The van der Waals surface area contributed by atoms with E-state index in [0.29, 0.717) is 18.3 Å². The van der Waals surface area contributed by atoms with Crippen molar-refractivity contribution < 1.29 is 19.2 Å². The number of rotatable bonds is 6. The molecule has 1 heterocycles. The largest absolute Gasteiger partial charge is 0.481 e. The summed E-state index contributed by atoms with van der Waals surface area (Å²) in [6.45, 7) is 5.70. The fraction of sp³-hybridized carbons (Fsp3) is 0.636. The molecule has 8 heteroatoms. The first-order chi connectivity index (χ1) is 8.93. The third kappa shape index (κ3) is 4.57. The second-order valence-corrected chi connectivity index (χ2v) is 4.13. The van der Waals surface area contributed by atoms with E-state index in [4.69, 9.17) is 9.63 Å². The Hall–Kier alpha value is -2.12. The summed E-state index contributed by atoms with van der Waals surface area (Å²) in [6, 6.07) is -0.737. The van der Waals surface area contributed by atoms with Gasteiger partial charge < -0.3 is 19.8 Å². The molecular formula is C11H18N4O4. The number of carboxylic acids is 1. The summed E-state index contributed by atoms with van der Waals surface area (Å²) in [7, 11) is 0. The number of aromatic nitrogens is 2. The maximum atomic E-state index is 11.9. The molecule has 19 heavy (non-hydrogen) atoms. The Bertz CT molecular complexity index is 446. The van der Waals surface area contributed by atoms with Crippen LogP contribution >= 0.6 is 0 Å². The SMILES string of the molecule is CCN(C(=O)NCc1nc(C)no1)C(C)CC(=O)O. The van der Waals surface area contributed by atoms with Gasteiger partial charge in [0.15, 0.2) is 5.82 Å². The lowest BCUT2D eigenvalue weighted by atomic mass is 10.2. The van der Waals surface area contributed by atoms with Crippen LogP contribution in [0, 0.1) is 6.92 Å². The number of nitrogens with zero attached hydrogens (tertiary/aromatic N) is 3. The number of hydrogen-bond acceptors (Lipinski definition) is 5.